The highest BCUT2D eigenvalue weighted by Gasteiger charge is 2.56. The number of carbonyl (C=O) groups excluding carboxylic acids is 1. The van der Waals surface area contributed by atoms with E-state index in [-0.39, 0.29) is 11.4 Å². The van der Waals surface area contributed by atoms with E-state index in [9.17, 15) is 4.79 Å². The van der Waals surface area contributed by atoms with Crippen LogP contribution in [0.25, 0.3) is 0 Å². The molecule has 1 saturated heterocycles. The highest BCUT2D eigenvalue weighted by Crippen LogP contribution is 2.59. The standard InChI is InChI=1S/C22H33N5O2/c28-20(23-3-4-26-5-7-29-8-6-26)22(1-2-22)19-15-27(25-24-19)21-12-16-9-17(13-21)11-18(10-16)14-21/h15-18H,1-14H2,(H,23,28). The second-order valence-electron chi connectivity index (χ2n) is 10.5. The maximum Gasteiger partial charge on any atom is 0.232 e. The first-order valence-electron chi connectivity index (χ1n) is 11.7. The summed E-state index contributed by atoms with van der Waals surface area (Å²) < 4.78 is 7.58. The average molecular weight is 400 g/mol. The van der Waals surface area contributed by atoms with Crippen molar-refractivity contribution in [3.8, 4) is 0 Å². The number of nitrogens with one attached hydrogen (secondary N) is 1. The molecule has 1 aromatic heterocycles. The minimum absolute atomic E-state index is 0.142. The number of morpholine rings is 1. The first-order chi connectivity index (χ1) is 14.2. The molecule has 0 radical (unpaired) electrons. The minimum atomic E-state index is -0.425. The fourth-order valence-corrected chi connectivity index (χ4v) is 7.11. The fraction of sp³-hybridized carbons (Fsp3) is 0.864. The van der Waals surface area contributed by atoms with Gasteiger partial charge in [0.1, 0.15) is 0 Å². The Balaban J connectivity index is 1.13. The lowest BCUT2D eigenvalue weighted by Crippen LogP contribution is -2.52. The lowest BCUT2D eigenvalue weighted by molar-refractivity contribution is -0.123. The molecule has 158 valence electrons. The smallest absolute Gasteiger partial charge is 0.232 e. The highest BCUT2D eigenvalue weighted by atomic mass is 16.5. The molecule has 4 bridgehead atoms. The van der Waals surface area contributed by atoms with E-state index in [4.69, 9.17) is 4.74 Å². The Morgan fingerprint density at radius 3 is 2.38 bits per heavy atom. The Labute approximate surface area is 172 Å². The quantitative estimate of drug-likeness (QED) is 0.788. The minimum Gasteiger partial charge on any atom is -0.379 e. The predicted molar refractivity (Wildman–Crippen MR) is 107 cm³/mol. The maximum absolute atomic E-state index is 13.0. The van der Waals surface area contributed by atoms with Crippen LogP contribution in [0.15, 0.2) is 6.20 Å². The maximum atomic E-state index is 13.0. The summed E-state index contributed by atoms with van der Waals surface area (Å²) in [5.74, 6) is 2.79. The second-order valence-corrected chi connectivity index (χ2v) is 10.5. The van der Waals surface area contributed by atoms with Crippen molar-refractivity contribution in [2.45, 2.75) is 62.3 Å². The van der Waals surface area contributed by atoms with Gasteiger partial charge in [-0.25, -0.2) is 4.68 Å². The van der Waals surface area contributed by atoms with Gasteiger partial charge in [0.05, 0.1) is 36.1 Å². The summed E-state index contributed by atoms with van der Waals surface area (Å²) in [5.41, 5.74) is 0.658. The Kier molecular flexibility index (Phi) is 4.28. The molecule has 7 heteroatoms. The molecule has 0 aromatic carbocycles. The van der Waals surface area contributed by atoms with Crippen molar-refractivity contribution in [3.05, 3.63) is 11.9 Å². The zero-order chi connectivity index (χ0) is 19.5. The largest absolute Gasteiger partial charge is 0.379 e. The van der Waals surface area contributed by atoms with Crippen LogP contribution in [-0.2, 0) is 20.5 Å². The molecule has 7 rings (SSSR count). The molecule has 6 aliphatic rings. The van der Waals surface area contributed by atoms with E-state index in [2.05, 4.69) is 31.4 Å². The highest BCUT2D eigenvalue weighted by molar-refractivity contribution is 5.90. The fourth-order valence-electron chi connectivity index (χ4n) is 7.11. The lowest BCUT2D eigenvalue weighted by atomic mass is 9.53. The third-order valence-electron chi connectivity index (χ3n) is 8.48. The lowest BCUT2D eigenvalue weighted by Gasteiger charge is -2.56. The van der Waals surface area contributed by atoms with Crippen LogP contribution in [0.1, 0.15) is 57.1 Å². The monoisotopic (exact) mass is 399 g/mol. The topological polar surface area (TPSA) is 72.3 Å². The third kappa shape index (κ3) is 3.12. The van der Waals surface area contributed by atoms with Gasteiger partial charge in [0.25, 0.3) is 0 Å². The Morgan fingerprint density at radius 1 is 1.10 bits per heavy atom. The molecule has 1 aromatic rings. The van der Waals surface area contributed by atoms with Crippen LogP contribution < -0.4 is 5.32 Å². The molecule has 5 saturated carbocycles. The average Bonchev–Trinajstić information content (AvgIpc) is 3.36. The van der Waals surface area contributed by atoms with Crippen LogP contribution in [0, 0.1) is 17.8 Å². The second kappa shape index (κ2) is 6.77. The number of hydrogen-bond donors (Lipinski definition) is 1. The van der Waals surface area contributed by atoms with Crippen LogP contribution in [0.3, 0.4) is 0 Å². The van der Waals surface area contributed by atoms with Crippen LogP contribution in [0.2, 0.25) is 0 Å². The van der Waals surface area contributed by atoms with Crippen molar-refractivity contribution in [1.82, 2.24) is 25.2 Å². The summed E-state index contributed by atoms with van der Waals surface area (Å²) in [5, 5.41) is 12.3. The number of ether oxygens (including phenoxy) is 1. The molecule has 1 amide bonds. The molecule has 29 heavy (non-hydrogen) atoms. The molecule has 0 spiro atoms. The van der Waals surface area contributed by atoms with Crippen molar-refractivity contribution in [3.63, 3.8) is 0 Å². The van der Waals surface area contributed by atoms with Gasteiger partial charge in [0, 0.05) is 26.2 Å². The molecule has 1 aliphatic heterocycles. The predicted octanol–water partition coefficient (Wildman–Crippen LogP) is 1.68. The van der Waals surface area contributed by atoms with Crippen LogP contribution in [0.5, 0.6) is 0 Å². The van der Waals surface area contributed by atoms with Crippen molar-refractivity contribution >= 4 is 5.91 Å². The van der Waals surface area contributed by atoms with Crippen molar-refractivity contribution in [2.24, 2.45) is 17.8 Å². The number of hydrogen-bond acceptors (Lipinski definition) is 5. The van der Waals surface area contributed by atoms with Gasteiger partial charge in [-0.1, -0.05) is 5.21 Å². The first-order valence-corrected chi connectivity index (χ1v) is 11.7. The van der Waals surface area contributed by atoms with Crippen molar-refractivity contribution < 1.29 is 9.53 Å². The van der Waals surface area contributed by atoms with Crippen molar-refractivity contribution in [2.75, 3.05) is 39.4 Å². The summed E-state index contributed by atoms with van der Waals surface area (Å²) in [6.45, 7) is 5.10. The molecule has 7 nitrogen and oxygen atoms in total. The first kappa shape index (κ1) is 18.3. The number of amides is 1. The van der Waals surface area contributed by atoms with E-state index < -0.39 is 5.41 Å². The van der Waals surface area contributed by atoms with Gasteiger partial charge < -0.3 is 10.1 Å². The van der Waals surface area contributed by atoms with Crippen LogP contribution >= 0.6 is 0 Å². The number of rotatable bonds is 6. The van der Waals surface area contributed by atoms with E-state index in [0.717, 1.165) is 69.1 Å². The Hall–Kier alpha value is -1.47. The van der Waals surface area contributed by atoms with Crippen LogP contribution in [-0.4, -0.2) is 65.2 Å². The summed E-state index contributed by atoms with van der Waals surface area (Å²) in [4.78, 5) is 15.3. The molecular weight excluding hydrogens is 366 g/mol. The van der Waals surface area contributed by atoms with Crippen LogP contribution in [0.4, 0.5) is 0 Å². The van der Waals surface area contributed by atoms with Gasteiger partial charge in [-0.2, -0.15) is 0 Å². The SMILES string of the molecule is O=C(NCCN1CCOCC1)C1(c2cn(C34CC5CC(CC(C5)C3)C4)nn2)CC1. The zero-order valence-electron chi connectivity index (χ0n) is 17.3. The number of carbonyl (C=O) groups is 1. The molecule has 0 unspecified atom stereocenters. The van der Waals surface area contributed by atoms with Gasteiger partial charge in [-0.05, 0) is 69.1 Å². The summed E-state index contributed by atoms with van der Waals surface area (Å²) in [6.07, 6.45) is 12.0. The summed E-state index contributed by atoms with van der Waals surface area (Å²) in [7, 11) is 0. The molecule has 5 aliphatic carbocycles. The third-order valence-corrected chi connectivity index (χ3v) is 8.48. The molecule has 0 atom stereocenters. The van der Waals surface area contributed by atoms with Gasteiger partial charge in [-0.3, -0.25) is 9.69 Å². The van der Waals surface area contributed by atoms with E-state index in [0.29, 0.717) is 6.54 Å². The summed E-state index contributed by atoms with van der Waals surface area (Å²) >= 11 is 0. The Bertz CT molecular complexity index is 745. The zero-order valence-corrected chi connectivity index (χ0v) is 17.3. The van der Waals surface area contributed by atoms with E-state index in [1.165, 1.54) is 38.5 Å². The van der Waals surface area contributed by atoms with Gasteiger partial charge >= 0.3 is 0 Å². The molecule has 2 heterocycles. The van der Waals surface area contributed by atoms with E-state index in [1.54, 1.807) is 0 Å². The molecule has 6 fully saturated rings. The Morgan fingerprint density at radius 2 is 1.76 bits per heavy atom. The van der Waals surface area contributed by atoms with Gasteiger partial charge in [0.2, 0.25) is 5.91 Å². The summed E-state index contributed by atoms with van der Waals surface area (Å²) in [6, 6.07) is 0. The molecular formula is C22H33N5O2. The van der Waals surface area contributed by atoms with Gasteiger partial charge in [0.15, 0.2) is 0 Å². The van der Waals surface area contributed by atoms with E-state index >= 15 is 0 Å². The molecule has 1 N–H and O–H groups in total. The number of nitrogens with zero attached hydrogens (tertiary/aromatic N) is 4. The normalized spacial score (nSPS) is 37.6. The number of aromatic nitrogens is 3. The van der Waals surface area contributed by atoms with E-state index in [1.807, 2.05) is 0 Å². The van der Waals surface area contributed by atoms with Crippen molar-refractivity contribution in [1.29, 1.82) is 0 Å². The van der Waals surface area contributed by atoms with Gasteiger partial charge in [-0.15, -0.1) is 5.10 Å².